The molecule has 0 heterocycles. The van der Waals surface area contributed by atoms with Crippen LogP contribution < -0.4 is 0 Å². The normalized spacial score (nSPS) is 22.7. The first-order valence-electron chi connectivity index (χ1n) is 3.81. The minimum absolute atomic E-state index is 0.0745. The van der Waals surface area contributed by atoms with Gasteiger partial charge >= 0.3 is 5.97 Å². The highest BCUT2D eigenvalue weighted by atomic mass is 16.5. The maximum absolute atomic E-state index is 10.7. The van der Waals surface area contributed by atoms with Gasteiger partial charge in [0.1, 0.15) is 6.10 Å². The number of carbonyl (C=O) groups is 1. The van der Waals surface area contributed by atoms with Crippen LogP contribution in [0.1, 0.15) is 19.3 Å². The van der Waals surface area contributed by atoms with E-state index in [0.29, 0.717) is 0 Å². The first kappa shape index (κ1) is 8.05. The minimum Gasteiger partial charge on any atom is -0.459 e. The van der Waals surface area contributed by atoms with Crippen molar-refractivity contribution in [3.63, 3.8) is 0 Å². The number of ether oxygens (including phenoxy) is 1. The summed E-state index contributed by atoms with van der Waals surface area (Å²) >= 11 is 0. The second kappa shape index (κ2) is 3.96. The highest BCUT2D eigenvalue weighted by Crippen LogP contribution is 2.14. The molecule has 1 aliphatic rings. The van der Waals surface area contributed by atoms with Gasteiger partial charge in [-0.1, -0.05) is 18.7 Å². The van der Waals surface area contributed by atoms with Gasteiger partial charge in [-0.3, -0.25) is 0 Å². The van der Waals surface area contributed by atoms with Gasteiger partial charge in [0.15, 0.2) is 0 Å². The van der Waals surface area contributed by atoms with Gasteiger partial charge in [0.2, 0.25) is 0 Å². The molecule has 1 unspecified atom stereocenters. The fourth-order valence-corrected chi connectivity index (χ4v) is 1.09. The van der Waals surface area contributed by atoms with Crippen molar-refractivity contribution in [3.05, 3.63) is 24.8 Å². The number of rotatable bonds is 2. The minimum atomic E-state index is -0.315. The molecule has 0 saturated carbocycles. The molecule has 0 radical (unpaired) electrons. The Kier molecular flexibility index (Phi) is 2.90. The van der Waals surface area contributed by atoms with Crippen LogP contribution >= 0.6 is 0 Å². The Bertz CT molecular complexity index is 182. The van der Waals surface area contributed by atoms with Crippen LogP contribution in [0.2, 0.25) is 0 Å². The lowest BCUT2D eigenvalue weighted by Crippen LogP contribution is -2.17. The van der Waals surface area contributed by atoms with Crippen molar-refractivity contribution in [1.82, 2.24) is 0 Å². The molecule has 2 heteroatoms. The monoisotopic (exact) mass is 152 g/mol. The van der Waals surface area contributed by atoms with Crippen LogP contribution in [0.15, 0.2) is 24.8 Å². The molecule has 0 fully saturated rings. The smallest absolute Gasteiger partial charge is 0.330 e. The molecule has 0 saturated heterocycles. The molecular weight excluding hydrogens is 140 g/mol. The van der Waals surface area contributed by atoms with Crippen molar-refractivity contribution >= 4 is 5.97 Å². The molecule has 0 aromatic carbocycles. The first-order valence-corrected chi connectivity index (χ1v) is 3.81. The van der Waals surface area contributed by atoms with Gasteiger partial charge in [0, 0.05) is 12.5 Å². The molecule has 0 amide bonds. The fraction of sp³-hybridized carbons (Fsp3) is 0.444. The average molecular weight is 152 g/mol. The predicted molar refractivity (Wildman–Crippen MR) is 43.1 cm³/mol. The molecule has 60 valence electrons. The van der Waals surface area contributed by atoms with Crippen LogP contribution in [0.25, 0.3) is 0 Å². The maximum Gasteiger partial charge on any atom is 0.330 e. The van der Waals surface area contributed by atoms with Gasteiger partial charge in [0.05, 0.1) is 0 Å². The van der Waals surface area contributed by atoms with Gasteiger partial charge in [-0.2, -0.15) is 0 Å². The zero-order chi connectivity index (χ0) is 8.10. The van der Waals surface area contributed by atoms with Gasteiger partial charge in [0.25, 0.3) is 0 Å². The van der Waals surface area contributed by atoms with Crippen LogP contribution in [-0.4, -0.2) is 12.1 Å². The maximum atomic E-state index is 10.7. The third kappa shape index (κ3) is 2.58. The van der Waals surface area contributed by atoms with Gasteiger partial charge in [-0.15, -0.1) is 0 Å². The molecule has 2 nitrogen and oxygen atoms in total. The van der Waals surface area contributed by atoms with Crippen LogP contribution in [-0.2, 0) is 9.53 Å². The molecular formula is C9H12O2. The van der Waals surface area contributed by atoms with Crippen molar-refractivity contribution in [2.24, 2.45) is 0 Å². The number of carbonyl (C=O) groups excluding carboxylic acids is 1. The summed E-state index contributed by atoms with van der Waals surface area (Å²) in [6.07, 6.45) is 8.23. The SMILES string of the molecule is C=CC(=O)OC1CC=CCC1. The molecule has 11 heavy (non-hydrogen) atoms. The van der Waals surface area contributed by atoms with E-state index in [0.717, 1.165) is 19.3 Å². The summed E-state index contributed by atoms with van der Waals surface area (Å²) in [6.45, 7) is 3.33. The summed E-state index contributed by atoms with van der Waals surface area (Å²) in [5, 5.41) is 0. The summed E-state index contributed by atoms with van der Waals surface area (Å²) in [6, 6.07) is 0. The summed E-state index contributed by atoms with van der Waals surface area (Å²) in [5.74, 6) is -0.315. The van der Waals surface area contributed by atoms with E-state index >= 15 is 0 Å². The van der Waals surface area contributed by atoms with Crippen LogP contribution in [0, 0.1) is 0 Å². The third-order valence-electron chi connectivity index (χ3n) is 1.67. The topological polar surface area (TPSA) is 26.3 Å². The lowest BCUT2D eigenvalue weighted by atomic mass is 10.1. The van der Waals surface area contributed by atoms with Crippen molar-refractivity contribution in [2.75, 3.05) is 0 Å². The Morgan fingerprint density at radius 2 is 2.45 bits per heavy atom. The van der Waals surface area contributed by atoms with E-state index in [1.165, 1.54) is 6.08 Å². The van der Waals surface area contributed by atoms with E-state index in [4.69, 9.17) is 4.74 Å². The van der Waals surface area contributed by atoms with Gasteiger partial charge < -0.3 is 4.74 Å². The van der Waals surface area contributed by atoms with Crippen molar-refractivity contribution in [1.29, 1.82) is 0 Å². The summed E-state index contributed by atoms with van der Waals surface area (Å²) in [7, 11) is 0. The third-order valence-corrected chi connectivity index (χ3v) is 1.67. The molecule has 0 bridgehead atoms. The number of allylic oxidation sites excluding steroid dienone is 1. The zero-order valence-electron chi connectivity index (χ0n) is 6.45. The second-order valence-electron chi connectivity index (χ2n) is 2.55. The summed E-state index contributed by atoms with van der Waals surface area (Å²) < 4.78 is 5.03. The summed E-state index contributed by atoms with van der Waals surface area (Å²) in [5.41, 5.74) is 0. The first-order chi connectivity index (χ1) is 5.33. The van der Waals surface area contributed by atoms with Gasteiger partial charge in [-0.25, -0.2) is 4.79 Å². The molecule has 0 aromatic rings. The van der Waals surface area contributed by atoms with Crippen LogP contribution in [0.5, 0.6) is 0 Å². The van der Waals surface area contributed by atoms with E-state index in [2.05, 4.69) is 12.7 Å². The molecule has 1 atom stereocenters. The quantitative estimate of drug-likeness (QED) is 0.343. The summed E-state index contributed by atoms with van der Waals surface area (Å²) in [4.78, 5) is 10.7. The molecule has 1 rings (SSSR count). The number of esters is 1. The lowest BCUT2D eigenvalue weighted by molar-refractivity contribution is -0.143. The Morgan fingerprint density at radius 1 is 1.64 bits per heavy atom. The highest BCUT2D eigenvalue weighted by Gasteiger charge is 2.12. The van der Waals surface area contributed by atoms with E-state index in [1.54, 1.807) is 0 Å². The van der Waals surface area contributed by atoms with Crippen molar-refractivity contribution < 1.29 is 9.53 Å². The van der Waals surface area contributed by atoms with Gasteiger partial charge in [-0.05, 0) is 12.8 Å². The van der Waals surface area contributed by atoms with Crippen LogP contribution in [0.4, 0.5) is 0 Å². The predicted octanol–water partition coefficient (Wildman–Crippen LogP) is 1.82. The zero-order valence-corrected chi connectivity index (χ0v) is 6.45. The highest BCUT2D eigenvalue weighted by molar-refractivity contribution is 5.81. The number of hydrogen-bond acceptors (Lipinski definition) is 2. The lowest BCUT2D eigenvalue weighted by Gasteiger charge is -2.16. The number of hydrogen-bond donors (Lipinski definition) is 0. The van der Waals surface area contributed by atoms with Crippen molar-refractivity contribution in [3.8, 4) is 0 Å². The van der Waals surface area contributed by atoms with E-state index in [-0.39, 0.29) is 12.1 Å². The Hall–Kier alpha value is -1.05. The van der Waals surface area contributed by atoms with Crippen molar-refractivity contribution in [2.45, 2.75) is 25.4 Å². The largest absolute Gasteiger partial charge is 0.459 e. The Labute approximate surface area is 66.5 Å². The molecule has 0 aromatic heterocycles. The van der Waals surface area contributed by atoms with E-state index in [9.17, 15) is 4.79 Å². The molecule has 0 N–H and O–H groups in total. The molecule has 1 aliphatic carbocycles. The standard InChI is InChI=1S/C9H12O2/c1-2-9(10)11-8-6-4-3-5-7-8/h2-4,8H,1,5-7H2. The van der Waals surface area contributed by atoms with E-state index < -0.39 is 0 Å². The average Bonchev–Trinajstić information content (AvgIpc) is 2.06. The van der Waals surface area contributed by atoms with Crippen LogP contribution in [0.3, 0.4) is 0 Å². The molecule has 0 aliphatic heterocycles. The second-order valence-corrected chi connectivity index (χ2v) is 2.55. The molecule has 0 spiro atoms. The Morgan fingerprint density at radius 3 is 3.00 bits per heavy atom. The van der Waals surface area contributed by atoms with E-state index in [1.807, 2.05) is 6.08 Å². The Balaban J connectivity index is 2.31. The fourth-order valence-electron chi connectivity index (χ4n) is 1.09.